The molecular formula is C11H14ClN3O3S. The van der Waals surface area contributed by atoms with Crippen LogP contribution in [0.3, 0.4) is 0 Å². The van der Waals surface area contributed by atoms with Crippen LogP contribution < -0.4 is 10.6 Å². The van der Waals surface area contributed by atoms with Crippen LogP contribution in [-0.2, 0) is 4.74 Å². The first kappa shape index (κ1) is 14.1. The molecule has 1 aliphatic rings. The number of hydrogen-bond acceptors (Lipinski definition) is 4. The van der Waals surface area contributed by atoms with Gasteiger partial charge in [0.05, 0.1) is 10.9 Å². The molecule has 1 saturated heterocycles. The van der Waals surface area contributed by atoms with Gasteiger partial charge in [0.1, 0.15) is 6.10 Å². The Labute approximate surface area is 119 Å². The van der Waals surface area contributed by atoms with E-state index in [-0.39, 0.29) is 18.7 Å². The Bertz CT molecular complexity index is 480. The lowest BCUT2D eigenvalue weighted by Crippen LogP contribution is -2.43. The number of thiophene rings is 1. The van der Waals surface area contributed by atoms with Crippen molar-refractivity contribution in [1.29, 1.82) is 0 Å². The number of rotatable bonds is 4. The van der Waals surface area contributed by atoms with Gasteiger partial charge in [0.25, 0.3) is 0 Å². The molecule has 1 unspecified atom stereocenters. The fourth-order valence-corrected chi connectivity index (χ4v) is 2.88. The molecule has 1 aromatic heterocycles. The van der Waals surface area contributed by atoms with Crippen molar-refractivity contribution < 1.29 is 14.3 Å². The molecule has 1 aliphatic heterocycles. The van der Waals surface area contributed by atoms with Crippen LogP contribution in [0.1, 0.15) is 11.0 Å². The van der Waals surface area contributed by atoms with E-state index >= 15 is 0 Å². The summed E-state index contributed by atoms with van der Waals surface area (Å²) in [6.45, 7) is 1.16. The maximum atomic E-state index is 11.8. The average molecular weight is 304 g/mol. The second-order valence-corrected chi connectivity index (χ2v) is 5.68. The van der Waals surface area contributed by atoms with Crippen LogP contribution in [-0.4, -0.2) is 43.7 Å². The summed E-state index contributed by atoms with van der Waals surface area (Å²) in [6, 6.07) is 2.85. The molecule has 2 N–H and O–H groups in total. The molecule has 2 heterocycles. The lowest BCUT2D eigenvalue weighted by Gasteiger charge is -2.17. The number of amides is 4. The average Bonchev–Trinajstić information content (AvgIpc) is 2.99. The lowest BCUT2D eigenvalue weighted by molar-refractivity contribution is 0.105. The van der Waals surface area contributed by atoms with Crippen molar-refractivity contribution in [1.82, 2.24) is 15.5 Å². The Hall–Kier alpha value is -1.31. The van der Waals surface area contributed by atoms with Gasteiger partial charge in [-0.25, -0.2) is 14.5 Å². The zero-order valence-electron chi connectivity index (χ0n) is 10.3. The van der Waals surface area contributed by atoms with Crippen molar-refractivity contribution in [2.24, 2.45) is 0 Å². The van der Waals surface area contributed by atoms with E-state index in [2.05, 4.69) is 10.6 Å². The normalized spacial score (nSPS) is 16.3. The van der Waals surface area contributed by atoms with E-state index in [9.17, 15) is 9.59 Å². The summed E-state index contributed by atoms with van der Waals surface area (Å²) >= 11 is 7.26. The van der Waals surface area contributed by atoms with Crippen LogP contribution >= 0.6 is 22.9 Å². The smallest absolute Gasteiger partial charge is 0.325 e. The fraction of sp³-hybridized carbons (Fsp3) is 0.455. The molecule has 2 rings (SSSR count). The first-order chi connectivity index (χ1) is 9.11. The number of methoxy groups -OCH3 is 1. The van der Waals surface area contributed by atoms with E-state index in [1.54, 1.807) is 13.2 Å². The zero-order chi connectivity index (χ0) is 13.8. The van der Waals surface area contributed by atoms with E-state index in [0.717, 1.165) is 9.78 Å². The van der Waals surface area contributed by atoms with Crippen molar-refractivity contribution in [3.8, 4) is 0 Å². The highest BCUT2D eigenvalue weighted by atomic mass is 35.5. The maximum absolute atomic E-state index is 11.8. The third-order valence-corrected chi connectivity index (χ3v) is 4.06. The van der Waals surface area contributed by atoms with Gasteiger partial charge in [-0.05, 0) is 12.1 Å². The van der Waals surface area contributed by atoms with E-state index in [1.807, 2.05) is 6.07 Å². The fourth-order valence-electron chi connectivity index (χ4n) is 1.74. The molecule has 0 spiro atoms. The number of carbonyl (C=O) groups excluding carboxylic acids is 2. The summed E-state index contributed by atoms with van der Waals surface area (Å²) in [5, 5.41) is 5.25. The molecule has 104 valence electrons. The number of imide groups is 1. The number of halogens is 1. The Kier molecular flexibility index (Phi) is 4.62. The minimum absolute atomic E-state index is 0.271. The third-order valence-electron chi connectivity index (χ3n) is 2.74. The zero-order valence-corrected chi connectivity index (χ0v) is 11.9. The van der Waals surface area contributed by atoms with Crippen LogP contribution in [0, 0.1) is 0 Å². The second kappa shape index (κ2) is 6.23. The Morgan fingerprint density at radius 2 is 2.47 bits per heavy atom. The van der Waals surface area contributed by atoms with Gasteiger partial charge in [-0.2, -0.15) is 0 Å². The summed E-state index contributed by atoms with van der Waals surface area (Å²) in [4.78, 5) is 25.2. The van der Waals surface area contributed by atoms with Crippen molar-refractivity contribution in [3.05, 3.63) is 21.3 Å². The molecule has 0 aromatic carbocycles. The summed E-state index contributed by atoms with van der Waals surface area (Å²) < 4.78 is 5.98. The molecule has 0 bridgehead atoms. The second-order valence-electron chi connectivity index (χ2n) is 3.94. The van der Waals surface area contributed by atoms with Crippen molar-refractivity contribution in [2.75, 3.05) is 26.7 Å². The Morgan fingerprint density at radius 1 is 1.68 bits per heavy atom. The predicted octanol–water partition coefficient (Wildman–Crippen LogP) is 1.82. The molecule has 0 aliphatic carbocycles. The quantitative estimate of drug-likeness (QED) is 0.891. The van der Waals surface area contributed by atoms with Gasteiger partial charge in [-0.1, -0.05) is 11.6 Å². The van der Waals surface area contributed by atoms with Gasteiger partial charge in [-0.15, -0.1) is 11.3 Å². The molecule has 0 radical (unpaired) electrons. The summed E-state index contributed by atoms with van der Waals surface area (Å²) in [6.07, 6.45) is -0.271. The molecule has 4 amide bonds. The number of hydrogen-bond donors (Lipinski definition) is 2. The van der Waals surface area contributed by atoms with E-state index < -0.39 is 6.03 Å². The third kappa shape index (κ3) is 3.37. The van der Waals surface area contributed by atoms with Gasteiger partial charge >= 0.3 is 12.1 Å². The Balaban J connectivity index is 1.89. The topological polar surface area (TPSA) is 70.7 Å². The number of nitrogens with one attached hydrogen (secondary N) is 2. The molecular weight excluding hydrogens is 290 g/mol. The predicted molar refractivity (Wildman–Crippen MR) is 72.6 cm³/mol. The van der Waals surface area contributed by atoms with Crippen LogP contribution in [0.5, 0.6) is 0 Å². The van der Waals surface area contributed by atoms with Gasteiger partial charge in [0.2, 0.25) is 0 Å². The highest BCUT2D eigenvalue weighted by molar-refractivity contribution is 7.16. The molecule has 1 fully saturated rings. The van der Waals surface area contributed by atoms with Gasteiger partial charge < -0.3 is 15.4 Å². The van der Waals surface area contributed by atoms with Crippen molar-refractivity contribution in [3.63, 3.8) is 0 Å². The first-order valence-electron chi connectivity index (χ1n) is 5.73. The molecule has 1 aromatic rings. The number of nitrogens with zero attached hydrogens (tertiary/aromatic N) is 1. The lowest BCUT2D eigenvalue weighted by atomic mass is 10.3. The van der Waals surface area contributed by atoms with E-state index in [1.165, 1.54) is 11.3 Å². The molecule has 8 heteroatoms. The van der Waals surface area contributed by atoms with Crippen molar-refractivity contribution >= 4 is 35.0 Å². The SMILES string of the molecule is COC(CNC(=O)N1CCNC1=O)c1ccc(Cl)s1. The van der Waals surface area contributed by atoms with Gasteiger partial charge in [-0.3, -0.25) is 0 Å². The number of carbonyl (C=O) groups is 2. The van der Waals surface area contributed by atoms with Crippen LogP contribution in [0.2, 0.25) is 4.34 Å². The molecule has 0 saturated carbocycles. The van der Waals surface area contributed by atoms with E-state index in [4.69, 9.17) is 16.3 Å². The van der Waals surface area contributed by atoms with Gasteiger partial charge in [0.15, 0.2) is 0 Å². The van der Waals surface area contributed by atoms with Gasteiger partial charge in [0, 0.05) is 25.1 Å². The number of ether oxygens (including phenoxy) is 1. The van der Waals surface area contributed by atoms with Crippen LogP contribution in [0.15, 0.2) is 12.1 Å². The molecule has 1 atom stereocenters. The summed E-state index contributed by atoms with van der Waals surface area (Å²) in [5.74, 6) is 0. The highest BCUT2D eigenvalue weighted by Crippen LogP contribution is 2.28. The number of urea groups is 2. The monoisotopic (exact) mass is 303 g/mol. The van der Waals surface area contributed by atoms with Crippen LogP contribution in [0.25, 0.3) is 0 Å². The van der Waals surface area contributed by atoms with Crippen LogP contribution in [0.4, 0.5) is 9.59 Å². The minimum Gasteiger partial charge on any atom is -0.374 e. The summed E-state index contributed by atoms with van der Waals surface area (Å²) in [5.41, 5.74) is 0. The maximum Gasteiger partial charge on any atom is 0.325 e. The summed E-state index contributed by atoms with van der Waals surface area (Å²) in [7, 11) is 1.56. The molecule has 19 heavy (non-hydrogen) atoms. The first-order valence-corrected chi connectivity index (χ1v) is 6.92. The van der Waals surface area contributed by atoms with E-state index in [0.29, 0.717) is 17.4 Å². The highest BCUT2D eigenvalue weighted by Gasteiger charge is 2.26. The largest absolute Gasteiger partial charge is 0.374 e. The molecule has 6 nitrogen and oxygen atoms in total. The Morgan fingerprint density at radius 3 is 3.00 bits per heavy atom. The standard InChI is InChI=1S/C11H14ClN3O3S/c1-18-7(8-2-3-9(12)19-8)6-14-11(17)15-5-4-13-10(15)16/h2-3,7H,4-6H2,1H3,(H,13,16)(H,14,17). The van der Waals surface area contributed by atoms with Crippen molar-refractivity contribution in [2.45, 2.75) is 6.10 Å². The minimum atomic E-state index is -0.417.